The minimum absolute atomic E-state index is 0.0823. The number of H-pyrrole nitrogens is 1. The van der Waals surface area contributed by atoms with E-state index in [1.807, 2.05) is 0 Å². The van der Waals surface area contributed by atoms with E-state index in [-0.39, 0.29) is 41.8 Å². The number of aromatic nitrogens is 1. The van der Waals surface area contributed by atoms with E-state index in [0.717, 1.165) is 0 Å². The predicted molar refractivity (Wildman–Crippen MR) is 97.3 cm³/mol. The number of fused-ring (bicyclic) bond motifs is 1. The summed E-state index contributed by atoms with van der Waals surface area (Å²) < 4.78 is 0. The van der Waals surface area contributed by atoms with Gasteiger partial charge in [-0.2, -0.15) is 0 Å². The molecule has 1 aromatic heterocycles. The smallest absolute Gasteiger partial charge is 0.252 e. The lowest BCUT2D eigenvalue weighted by Crippen LogP contribution is -2.35. The first-order valence-electron chi connectivity index (χ1n) is 8.02. The van der Waals surface area contributed by atoms with E-state index in [1.165, 1.54) is 30.3 Å². The maximum atomic E-state index is 12.4. The Morgan fingerprint density at radius 3 is 2.31 bits per heavy atom. The summed E-state index contributed by atoms with van der Waals surface area (Å²) in [5.74, 6) is -0.606. The zero-order valence-electron chi connectivity index (χ0n) is 13.8. The minimum atomic E-state index is -0.383. The highest BCUT2D eigenvalue weighted by molar-refractivity contribution is 6.05. The Hall–Kier alpha value is -3.61. The van der Waals surface area contributed by atoms with Crippen molar-refractivity contribution in [2.24, 2.45) is 0 Å². The number of rotatable bonds is 5. The van der Waals surface area contributed by atoms with Gasteiger partial charge in [0, 0.05) is 35.6 Å². The molecule has 7 heteroatoms. The number of hydrogen-bond donors (Lipinski definition) is 4. The normalized spacial score (nSPS) is 10.5. The van der Waals surface area contributed by atoms with Crippen molar-refractivity contribution in [2.75, 3.05) is 13.1 Å². The molecule has 0 aliphatic heterocycles. The largest absolute Gasteiger partial charge is 0.508 e. The number of hydrogen-bond acceptors (Lipinski definition) is 4. The van der Waals surface area contributed by atoms with Gasteiger partial charge in [-0.1, -0.05) is 18.2 Å². The fraction of sp³-hybridized carbons (Fsp3) is 0.105. The lowest BCUT2D eigenvalue weighted by molar-refractivity contribution is 0.0928. The van der Waals surface area contributed by atoms with Crippen LogP contribution >= 0.6 is 0 Å². The fourth-order valence-corrected chi connectivity index (χ4v) is 2.55. The van der Waals surface area contributed by atoms with Gasteiger partial charge in [-0.3, -0.25) is 14.4 Å². The monoisotopic (exact) mass is 351 g/mol. The molecule has 26 heavy (non-hydrogen) atoms. The molecule has 0 unspecified atom stereocenters. The van der Waals surface area contributed by atoms with Crippen molar-refractivity contribution < 1.29 is 14.7 Å². The number of amides is 2. The van der Waals surface area contributed by atoms with Gasteiger partial charge in [0.15, 0.2) is 0 Å². The van der Waals surface area contributed by atoms with Crippen LogP contribution in [0.1, 0.15) is 20.7 Å². The van der Waals surface area contributed by atoms with E-state index in [1.54, 1.807) is 24.3 Å². The number of carbonyl (C=O) groups excluding carboxylic acids is 2. The third-order valence-corrected chi connectivity index (χ3v) is 3.82. The quantitative estimate of drug-likeness (QED) is 0.521. The Bertz CT molecular complexity index is 1010. The van der Waals surface area contributed by atoms with E-state index >= 15 is 0 Å². The second-order valence-electron chi connectivity index (χ2n) is 5.65. The van der Waals surface area contributed by atoms with Crippen LogP contribution in [0.4, 0.5) is 0 Å². The summed E-state index contributed by atoms with van der Waals surface area (Å²) in [6, 6.07) is 14.2. The summed E-state index contributed by atoms with van der Waals surface area (Å²) in [5, 5.41) is 15.2. The number of pyridine rings is 1. The average Bonchev–Trinajstić information content (AvgIpc) is 2.64. The molecule has 0 saturated heterocycles. The number of nitrogens with one attached hydrogen (secondary N) is 3. The summed E-state index contributed by atoms with van der Waals surface area (Å²) in [5.41, 5.74) is 0.934. The SMILES string of the molecule is O=C(NCCNC(=O)c1cc(=O)[nH]c2ccccc12)c1ccc(O)cc1. The highest BCUT2D eigenvalue weighted by Crippen LogP contribution is 2.14. The van der Waals surface area contributed by atoms with Crippen LogP contribution in [0.25, 0.3) is 10.9 Å². The molecule has 0 atom stereocenters. The Labute approximate surface area is 148 Å². The van der Waals surface area contributed by atoms with Crippen LogP contribution in [-0.2, 0) is 0 Å². The Morgan fingerprint density at radius 1 is 0.923 bits per heavy atom. The zero-order chi connectivity index (χ0) is 18.5. The van der Waals surface area contributed by atoms with Gasteiger partial charge in [-0.15, -0.1) is 0 Å². The highest BCUT2D eigenvalue weighted by Gasteiger charge is 2.11. The Kier molecular flexibility index (Phi) is 4.98. The van der Waals surface area contributed by atoms with E-state index in [2.05, 4.69) is 15.6 Å². The maximum absolute atomic E-state index is 12.4. The van der Waals surface area contributed by atoms with Crippen molar-refractivity contribution in [3.8, 4) is 5.75 Å². The van der Waals surface area contributed by atoms with Crippen molar-refractivity contribution in [3.63, 3.8) is 0 Å². The zero-order valence-corrected chi connectivity index (χ0v) is 13.8. The predicted octanol–water partition coefficient (Wildman–Crippen LogP) is 1.39. The van der Waals surface area contributed by atoms with Gasteiger partial charge in [0.1, 0.15) is 5.75 Å². The van der Waals surface area contributed by atoms with Crippen molar-refractivity contribution in [2.45, 2.75) is 0 Å². The third kappa shape index (κ3) is 3.89. The lowest BCUT2D eigenvalue weighted by Gasteiger charge is -2.09. The molecule has 0 aliphatic rings. The molecule has 4 N–H and O–H groups in total. The molecule has 0 aliphatic carbocycles. The Balaban J connectivity index is 1.59. The first kappa shape index (κ1) is 17.2. The van der Waals surface area contributed by atoms with Gasteiger partial charge in [0.2, 0.25) is 5.56 Å². The van der Waals surface area contributed by atoms with Gasteiger partial charge in [-0.25, -0.2) is 0 Å². The number of carbonyl (C=O) groups is 2. The molecular formula is C19H17N3O4. The first-order chi connectivity index (χ1) is 12.5. The summed E-state index contributed by atoms with van der Waals surface area (Å²) in [4.78, 5) is 38.7. The first-order valence-corrected chi connectivity index (χ1v) is 8.02. The van der Waals surface area contributed by atoms with Crippen LogP contribution in [0.15, 0.2) is 59.4 Å². The van der Waals surface area contributed by atoms with Crippen molar-refractivity contribution >= 4 is 22.7 Å². The molecule has 2 amide bonds. The topological polar surface area (TPSA) is 111 Å². The second-order valence-corrected chi connectivity index (χ2v) is 5.65. The van der Waals surface area contributed by atoms with Crippen molar-refractivity contribution in [3.05, 3.63) is 76.1 Å². The fourth-order valence-electron chi connectivity index (χ4n) is 2.55. The maximum Gasteiger partial charge on any atom is 0.252 e. The van der Waals surface area contributed by atoms with E-state index < -0.39 is 0 Å². The van der Waals surface area contributed by atoms with Gasteiger partial charge >= 0.3 is 0 Å². The molecular weight excluding hydrogens is 334 g/mol. The number of phenols is 1. The van der Waals surface area contributed by atoms with Gasteiger partial charge < -0.3 is 20.7 Å². The van der Waals surface area contributed by atoms with Crippen molar-refractivity contribution in [1.82, 2.24) is 15.6 Å². The number of aromatic amines is 1. The van der Waals surface area contributed by atoms with Crippen LogP contribution in [0, 0.1) is 0 Å². The molecule has 7 nitrogen and oxygen atoms in total. The molecule has 0 bridgehead atoms. The molecule has 0 radical (unpaired) electrons. The molecule has 3 rings (SSSR count). The molecule has 132 valence electrons. The van der Waals surface area contributed by atoms with Gasteiger partial charge in [0.05, 0.1) is 5.56 Å². The Morgan fingerprint density at radius 2 is 1.58 bits per heavy atom. The molecule has 0 saturated carbocycles. The van der Waals surface area contributed by atoms with Crippen LogP contribution in [0.2, 0.25) is 0 Å². The van der Waals surface area contributed by atoms with E-state index in [0.29, 0.717) is 16.5 Å². The standard InChI is InChI=1S/C19H17N3O4/c23-13-7-5-12(6-8-13)18(25)20-9-10-21-19(26)15-11-17(24)22-16-4-2-1-3-14(15)16/h1-8,11,23H,9-10H2,(H,20,25)(H,21,26)(H,22,24). The van der Waals surface area contributed by atoms with Crippen LogP contribution in [0.5, 0.6) is 5.75 Å². The molecule has 2 aromatic carbocycles. The molecule has 0 spiro atoms. The summed E-state index contributed by atoms with van der Waals surface area (Å²) >= 11 is 0. The molecule has 0 fully saturated rings. The highest BCUT2D eigenvalue weighted by atomic mass is 16.3. The summed E-state index contributed by atoms with van der Waals surface area (Å²) in [6.45, 7) is 0.441. The van der Waals surface area contributed by atoms with Crippen LogP contribution < -0.4 is 16.2 Å². The van der Waals surface area contributed by atoms with Gasteiger partial charge in [-0.05, 0) is 30.3 Å². The lowest BCUT2D eigenvalue weighted by atomic mass is 10.1. The average molecular weight is 351 g/mol. The van der Waals surface area contributed by atoms with Crippen molar-refractivity contribution in [1.29, 1.82) is 0 Å². The number of para-hydroxylation sites is 1. The van der Waals surface area contributed by atoms with E-state index in [9.17, 15) is 19.5 Å². The van der Waals surface area contributed by atoms with E-state index in [4.69, 9.17) is 0 Å². The molecule has 3 aromatic rings. The van der Waals surface area contributed by atoms with Crippen LogP contribution in [0.3, 0.4) is 0 Å². The minimum Gasteiger partial charge on any atom is -0.508 e. The summed E-state index contributed by atoms with van der Waals surface area (Å²) in [6.07, 6.45) is 0. The number of aromatic hydroxyl groups is 1. The second kappa shape index (κ2) is 7.52. The third-order valence-electron chi connectivity index (χ3n) is 3.82. The summed E-state index contributed by atoms with van der Waals surface area (Å²) in [7, 11) is 0. The van der Waals surface area contributed by atoms with Crippen LogP contribution in [-0.4, -0.2) is 35.0 Å². The van der Waals surface area contributed by atoms with Gasteiger partial charge in [0.25, 0.3) is 11.8 Å². The molecule has 1 heterocycles. The number of phenolic OH excluding ortho intramolecular Hbond substituents is 1. The number of benzene rings is 2.